The number of carbonyl (C=O) groups excluding carboxylic acids is 1. The second kappa shape index (κ2) is 9.49. The van der Waals surface area contributed by atoms with Gasteiger partial charge in [0.15, 0.2) is 0 Å². The van der Waals surface area contributed by atoms with Crippen LogP contribution >= 0.6 is 11.6 Å². The number of amides is 2. The van der Waals surface area contributed by atoms with Crippen molar-refractivity contribution in [3.63, 3.8) is 0 Å². The van der Waals surface area contributed by atoms with E-state index in [0.29, 0.717) is 11.0 Å². The van der Waals surface area contributed by atoms with E-state index in [9.17, 15) is 4.79 Å². The Bertz CT molecular complexity index is 1110. The number of aromatic amines is 1. The molecule has 4 N–H and O–H groups in total. The van der Waals surface area contributed by atoms with Gasteiger partial charge in [0, 0.05) is 59.4 Å². The maximum atomic E-state index is 12.6. The predicted molar refractivity (Wildman–Crippen MR) is 131 cm³/mol. The zero-order valence-corrected chi connectivity index (χ0v) is 20.3. The third-order valence-corrected chi connectivity index (χ3v) is 6.11. The third-order valence-electron chi connectivity index (χ3n) is 5.85. The lowest BCUT2D eigenvalue weighted by Gasteiger charge is -2.30. The average Bonchev–Trinajstić information content (AvgIpc) is 3.24. The summed E-state index contributed by atoms with van der Waals surface area (Å²) in [6, 6.07) is 9.65. The molecule has 1 saturated heterocycles. The van der Waals surface area contributed by atoms with Crippen molar-refractivity contribution in [1.29, 1.82) is 0 Å². The monoisotopic (exact) mass is 468 g/mol. The number of H-pyrrole nitrogens is 1. The lowest BCUT2D eigenvalue weighted by molar-refractivity contribution is -0.822. The highest BCUT2D eigenvalue weighted by molar-refractivity contribution is 6.30. The van der Waals surface area contributed by atoms with E-state index in [2.05, 4.69) is 20.7 Å². The van der Waals surface area contributed by atoms with Crippen LogP contribution in [-0.2, 0) is 0 Å². The minimum absolute atomic E-state index is 0.0714. The van der Waals surface area contributed by atoms with Crippen LogP contribution in [0.1, 0.15) is 45.2 Å². The average molecular weight is 469 g/mol. The molecular weight excluding hydrogens is 438 g/mol. The van der Waals surface area contributed by atoms with Crippen molar-refractivity contribution < 1.29 is 9.69 Å². The predicted octanol–water partition coefficient (Wildman–Crippen LogP) is 3.50. The Balaban J connectivity index is 1.65. The number of benzene rings is 1. The summed E-state index contributed by atoms with van der Waals surface area (Å²) in [5, 5.41) is 14.8. The number of anilines is 1. The van der Waals surface area contributed by atoms with Gasteiger partial charge in [0.2, 0.25) is 5.95 Å². The minimum atomic E-state index is -0.233. The number of urea groups is 1. The summed E-state index contributed by atoms with van der Waals surface area (Å²) in [6.07, 6.45) is 3.51. The van der Waals surface area contributed by atoms with E-state index in [1.54, 1.807) is 13.2 Å². The van der Waals surface area contributed by atoms with Crippen LogP contribution in [0, 0.1) is 0 Å². The quantitative estimate of drug-likeness (QED) is 0.469. The van der Waals surface area contributed by atoms with E-state index < -0.39 is 0 Å². The van der Waals surface area contributed by atoms with E-state index >= 15 is 0 Å². The van der Waals surface area contributed by atoms with Crippen LogP contribution in [-0.4, -0.2) is 51.9 Å². The fourth-order valence-electron chi connectivity index (χ4n) is 4.26. The number of likely N-dealkylation sites (tertiary alicyclic amines) is 1. The highest BCUT2D eigenvalue weighted by atomic mass is 35.5. The Labute approximate surface area is 199 Å². The fraction of sp³-hybridized carbons (Fsp3) is 0.417. The van der Waals surface area contributed by atoms with Crippen molar-refractivity contribution in [2.45, 2.75) is 45.1 Å². The normalized spacial score (nSPS) is 18.7. The molecule has 0 spiro atoms. The van der Waals surface area contributed by atoms with Crippen molar-refractivity contribution in [2.75, 3.05) is 25.5 Å². The van der Waals surface area contributed by atoms with Crippen LogP contribution in [0.25, 0.3) is 22.5 Å². The number of quaternary nitrogens is 1. The van der Waals surface area contributed by atoms with Gasteiger partial charge in [-0.15, -0.1) is 0 Å². The van der Waals surface area contributed by atoms with Crippen molar-refractivity contribution in [1.82, 2.24) is 25.5 Å². The third kappa shape index (κ3) is 5.34. The topological polar surface area (TPSA) is 100 Å². The first-order valence-electron chi connectivity index (χ1n) is 11.3. The first-order valence-corrected chi connectivity index (χ1v) is 11.7. The van der Waals surface area contributed by atoms with Crippen LogP contribution < -0.4 is 15.5 Å². The summed E-state index contributed by atoms with van der Waals surface area (Å²) in [6.45, 7) is 7.56. The summed E-state index contributed by atoms with van der Waals surface area (Å²) in [7, 11) is 1.80. The summed E-state index contributed by atoms with van der Waals surface area (Å²) < 4.78 is 0. The lowest BCUT2D eigenvalue weighted by atomic mass is 9.89. The van der Waals surface area contributed by atoms with Crippen LogP contribution in [0.3, 0.4) is 0 Å². The van der Waals surface area contributed by atoms with E-state index in [1.165, 1.54) is 0 Å². The number of nitrogens with zero attached hydrogens (tertiary/aromatic N) is 3. The second-order valence-electron chi connectivity index (χ2n) is 9.47. The Morgan fingerprint density at radius 1 is 1.15 bits per heavy atom. The molecule has 0 bridgehead atoms. The Kier molecular flexibility index (Phi) is 6.67. The van der Waals surface area contributed by atoms with Gasteiger partial charge in [-0.05, 0) is 39.0 Å². The maximum absolute atomic E-state index is 12.6. The molecule has 3 aromatic rings. The molecule has 1 aliphatic rings. The van der Waals surface area contributed by atoms with E-state index in [1.807, 2.05) is 51.1 Å². The van der Waals surface area contributed by atoms with E-state index in [4.69, 9.17) is 21.7 Å². The summed E-state index contributed by atoms with van der Waals surface area (Å²) in [5.41, 5.74) is 4.41. The number of nitrogens with one attached hydrogen (secondary N) is 4. The number of rotatable bonds is 4. The van der Waals surface area contributed by atoms with E-state index in [-0.39, 0.29) is 17.5 Å². The maximum Gasteiger partial charge on any atom is 0.415 e. The number of hydrogen-bond acceptors (Lipinski definition) is 5. The molecule has 3 heterocycles. The second-order valence-corrected chi connectivity index (χ2v) is 9.90. The van der Waals surface area contributed by atoms with Crippen LogP contribution in [0.5, 0.6) is 0 Å². The molecule has 33 heavy (non-hydrogen) atoms. The Morgan fingerprint density at radius 3 is 2.48 bits per heavy atom. The van der Waals surface area contributed by atoms with Gasteiger partial charge in [-0.1, -0.05) is 23.7 Å². The highest BCUT2D eigenvalue weighted by Gasteiger charge is 2.33. The summed E-state index contributed by atoms with van der Waals surface area (Å²) in [4.78, 5) is 22.6. The van der Waals surface area contributed by atoms with Crippen molar-refractivity contribution >= 4 is 23.6 Å². The molecule has 0 unspecified atom stereocenters. The minimum Gasteiger partial charge on any atom is -0.357 e. The number of halogens is 1. The largest absolute Gasteiger partial charge is 0.415 e. The molecule has 1 aliphatic heterocycles. The van der Waals surface area contributed by atoms with Crippen LogP contribution in [0.15, 0.2) is 36.5 Å². The standard InChI is InChI=1S/C24H30ClN7O/c1-24(2,3)29-23(33)32-13-10-16(11-14-32)21-19(18-9-12-27-22(26-4)28-18)20(30-31-21)15-5-7-17(25)8-6-15/h5-9,12,16H,10-11,13-14H2,1-4H3,(H,29,33)(H,30,31)(H,26,27,28)/p+1. The van der Waals surface area contributed by atoms with Crippen molar-refractivity contribution in [3.05, 3.63) is 47.2 Å². The van der Waals surface area contributed by atoms with Gasteiger partial charge in [0.1, 0.15) is 5.69 Å². The molecule has 0 radical (unpaired) electrons. The lowest BCUT2D eigenvalue weighted by Crippen LogP contribution is -3.17. The van der Waals surface area contributed by atoms with Crippen molar-refractivity contribution in [2.24, 2.45) is 0 Å². The molecule has 1 fully saturated rings. The number of carbonyl (C=O) groups is 1. The van der Waals surface area contributed by atoms with E-state index in [0.717, 1.165) is 59.0 Å². The molecule has 0 atom stereocenters. The van der Waals surface area contributed by atoms with Gasteiger partial charge in [-0.25, -0.2) is 14.8 Å². The molecule has 8 nitrogen and oxygen atoms in total. The number of piperidine rings is 1. The van der Waals surface area contributed by atoms with Gasteiger partial charge in [0.25, 0.3) is 0 Å². The molecule has 2 aromatic heterocycles. The zero-order chi connectivity index (χ0) is 23.6. The smallest absolute Gasteiger partial charge is 0.357 e. The summed E-state index contributed by atoms with van der Waals surface area (Å²) >= 11 is 6.11. The highest BCUT2D eigenvalue weighted by Crippen LogP contribution is 2.38. The number of hydrogen-bond donors (Lipinski definition) is 4. The van der Waals surface area contributed by atoms with Crippen molar-refractivity contribution in [3.8, 4) is 22.5 Å². The molecule has 1 aromatic carbocycles. The fourth-order valence-corrected chi connectivity index (χ4v) is 4.38. The Morgan fingerprint density at radius 2 is 1.85 bits per heavy atom. The Hall–Kier alpha value is -2.97. The zero-order valence-electron chi connectivity index (χ0n) is 19.5. The molecule has 174 valence electrons. The van der Waals surface area contributed by atoms with Crippen LogP contribution in [0.2, 0.25) is 5.02 Å². The number of aromatic nitrogens is 4. The molecule has 4 rings (SSSR count). The molecule has 9 heteroatoms. The van der Waals surface area contributed by atoms with Gasteiger partial charge >= 0.3 is 6.03 Å². The van der Waals surface area contributed by atoms with Gasteiger partial charge < -0.3 is 10.6 Å². The molecule has 2 amide bonds. The van der Waals surface area contributed by atoms with Gasteiger partial charge in [-0.3, -0.25) is 10.00 Å². The first-order chi connectivity index (χ1) is 15.7. The molecular formula is C24H31ClN7O+. The summed E-state index contributed by atoms with van der Waals surface area (Å²) in [5.74, 6) is 0.813. The first kappa shape index (κ1) is 23.2. The molecule has 0 saturated carbocycles. The molecule has 0 aliphatic carbocycles. The van der Waals surface area contributed by atoms with Gasteiger partial charge in [0.05, 0.1) is 18.8 Å². The van der Waals surface area contributed by atoms with Gasteiger partial charge in [-0.2, -0.15) is 5.10 Å². The van der Waals surface area contributed by atoms with Crippen LogP contribution in [0.4, 0.5) is 10.7 Å². The SMILES string of the molecule is CNc1nccc(-c2c(-c3ccc(Cl)cc3)n[nH]c2C2CC[NH+](C(=O)NC(C)(C)C)CC2)n1.